The lowest BCUT2D eigenvalue weighted by Crippen LogP contribution is -2.15. The number of fused-ring (bicyclic) bond motifs is 2. The summed E-state index contributed by atoms with van der Waals surface area (Å²) in [5.41, 5.74) is 1.07. The van der Waals surface area contributed by atoms with Gasteiger partial charge in [-0.2, -0.15) is 0 Å². The quantitative estimate of drug-likeness (QED) is 0.363. The van der Waals surface area contributed by atoms with Crippen LogP contribution < -0.4 is 0 Å². The minimum Gasteiger partial charge on any atom is -0.504 e. The number of hydrogen-bond acceptors (Lipinski definition) is 5. The second kappa shape index (κ2) is 3.65. The predicted molar refractivity (Wildman–Crippen MR) is 65.8 cm³/mol. The number of carbonyl (C=O) groups excluding carboxylic acids is 1. The summed E-state index contributed by atoms with van der Waals surface area (Å²) in [6, 6.07) is 6.80. The second-order valence-corrected chi connectivity index (χ2v) is 4.41. The number of phenolic OH excluding ortho intramolecular Hbond substituents is 4. The third-order valence-electron chi connectivity index (χ3n) is 3.35. The smallest absolute Gasteiger partial charge is 0.205 e. The summed E-state index contributed by atoms with van der Waals surface area (Å²) in [7, 11) is 0. The van der Waals surface area contributed by atoms with Crippen molar-refractivity contribution in [2.45, 2.75) is 6.42 Å². The van der Waals surface area contributed by atoms with Crippen LogP contribution in [0.2, 0.25) is 0 Å². The summed E-state index contributed by atoms with van der Waals surface area (Å²) in [5.74, 6) is -3.47. The van der Waals surface area contributed by atoms with Gasteiger partial charge in [0.05, 0.1) is 5.56 Å². The number of benzene rings is 2. The summed E-state index contributed by atoms with van der Waals surface area (Å²) in [6.45, 7) is 0. The molecule has 5 heteroatoms. The molecule has 0 saturated heterocycles. The molecule has 1 aliphatic rings. The van der Waals surface area contributed by atoms with E-state index in [0.717, 1.165) is 0 Å². The van der Waals surface area contributed by atoms with Crippen molar-refractivity contribution in [1.82, 2.24) is 0 Å². The van der Waals surface area contributed by atoms with Crippen LogP contribution in [0, 0.1) is 0 Å². The molecular weight excluding hydrogens is 248 g/mol. The van der Waals surface area contributed by atoms with Gasteiger partial charge in [0, 0.05) is 17.5 Å². The molecule has 2 aromatic carbocycles. The predicted octanol–water partition coefficient (Wildman–Crippen LogP) is 1.64. The van der Waals surface area contributed by atoms with Gasteiger partial charge in [-0.3, -0.25) is 4.79 Å². The van der Waals surface area contributed by atoms with E-state index in [2.05, 4.69) is 0 Å². The first-order chi connectivity index (χ1) is 9.02. The van der Waals surface area contributed by atoms with E-state index in [-0.39, 0.29) is 17.5 Å². The molecule has 0 saturated carbocycles. The Bertz CT molecular complexity index is 718. The summed E-state index contributed by atoms with van der Waals surface area (Å²) in [5, 5.41) is 38.6. The molecule has 0 heterocycles. The summed E-state index contributed by atoms with van der Waals surface area (Å²) in [6.07, 6.45) is 0.199. The van der Waals surface area contributed by atoms with E-state index >= 15 is 0 Å². The first kappa shape index (κ1) is 11.4. The third-order valence-corrected chi connectivity index (χ3v) is 3.35. The van der Waals surface area contributed by atoms with Crippen molar-refractivity contribution in [1.29, 1.82) is 0 Å². The van der Waals surface area contributed by atoms with Crippen LogP contribution in [-0.4, -0.2) is 26.2 Å². The molecular formula is C14H10O5. The molecule has 0 radical (unpaired) electrons. The van der Waals surface area contributed by atoms with Crippen molar-refractivity contribution in [2.24, 2.45) is 0 Å². The highest BCUT2D eigenvalue weighted by Crippen LogP contribution is 2.49. The van der Waals surface area contributed by atoms with E-state index in [1.165, 1.54) is 0 Å². The zero-order chi connectivity index (χ0) is 13.7. The van der Waals surface area contributed by atoms with E-state index in [1.807, 2.05) is 0 Å². The summed E-state index contributed by atoms with van der Waals surface area (Å²) >= 11 is 0. The van der Waals surface area contributed by atoms with Crippen molar-refractivity contribution >= 4 is 5.78 Å². The van der Waals surface area contributed by atoms with Gasteiger partial charge in [0.25, 0.3) is 0 Å². The molecule has 0 amide bonds. The highest BCUT2D eigenvalue weighted by molar-refractivity contribution is 6.15. The van der Waals surface area contributed by atoms with Gasteiger partial charge in [-0.25, -0.2) is 0 Å². The number of carbonyl (C=O) groups is 1. The second-order valence-electron chi connectivity index (χ2n) is 4.41. The van der Waals surface area contributed by atoms with Gasteiger partial charge in [-0.05, 0) is 5.56 Å². The monoisotopic (exact) mass is 258 g/mol. The minimum absolute atomic E-state index is 0.122. The first-order valence-electron chi connectivity index (χ1n) is 5.63. The molecule has 0 atom stereocenters. The Hall–Kier alpha value is -2.69. The van der Waals surface area contributed by atoms with E-state index in [1.54, 1.807) is 24.3 Å². The fourth-order valence-electron chi connectivity index (χ4n) is 2.38. The maximum Gasteiger partial charge on any atom is 0.205 e. The average Bonchev–Trinajstić information content (AvgIpc) is 2.43. The van der Waals surface area contributed by atoms with E-state index < -0.39 is 28.8 Å². The first-order valence-corrected chi connectivity index (χ1v) is 5.63. The topological polar surface area (TPSA) is 98.0 Å². The normalized spacial score (nSPS) is 12.9. The molecule has 2 aromatic rings. The van der Waals surface area contributed by atoms with Gasteiger partial charge < -0.3 is 20.4 Å². The molecule has 0 aliphatic heterocycles. The van der Waals surface area contributed by atoms with Gasteiger partial charge in [0.2, 0.25) is 11.5 Å². The van der Waals surface area contributed by atoms with Crippen LogP contribution in [0.1, 0.15) is 27.0 Å². The van der Waals surface area contributed by atoms with Crippen LogP contribution in [0.15, 0.2) is 24.3 Å². The molecule has 0 fully saturated rings. The Kier molecular flexibility index (Phi) is 2.19. The van der Waals surface area contributed by atoms with Crippen molar-refractivity contribution in [3.8, 4) is 23.0 Å². The molecule has 96 valence electrons. The summed E-state index contributed by atoms with van der Waals surface area (Å²) < 4.78 is 0. The van der Waals surface area contributed by atoms with Crippen LogP contribution in [-0.2, 0) is 6.42 Å². The SMILES string of the molecule is O=C1c2ccccc2Cc2c(O)c(O)c(O)c(O)c21. The van der Waals surface area contributed by atoms with Gasteiger partial charge >= 0.3 is 0 Å². The Morgan fingerprint density at radius 3 is 2.21 bits per heavy atom. The lowest BCUT2D eigenvalue weighted by atomic mass is 9.83. The Balaban J connectivity index is 2.35. The molecule has 1 aliphatic carbocycles. The zero-order valence-corrected chi connectivity index (χ0v) is 9.71. The number of aromatic hydroxyl groups is 4. The molecule has 0 unspecified atom stereocenters. The van der Waals surface area contributed by atoms with Crippen molar-refractivity contribution in [3.05, 3.63) is 46.5 Å². The largest absolute Gasteiger partial charge is 0.504 e. The highest BCUT2D eigenvalue weighted by atomic mass is 16.3. The molecule has 0 spiro atoms. The van der Waals surface area contributed by atoms with Crippen LogP contribution >= 0.6 is 0 Å². The molecule has 3 rings (SSSR count). The Labute approximate surface area is 108 Å². The number of ketones is 1. The molecule has 0 bridgehead atoms. The minimum atomic E-state index is -0.885. The average molecular weight is 258 g/mol. The third kappa shape index (κ3) is 1.38. The van der Waals surface area contributed by atoms with Crippen molar-refractivity contribution in [3.63, 3.8) is 0 Å². The maximum absolute atomic E-state index is 12.3. The van der Waals surface area contributed by atoms with Crippen LogP contribution in [0.5, 0.6) is 23.0 Å². The van der Waals surface area contributed by atoms with E-state index in [4.69, 9.17) is 0 Å². The molecule has 5 nitrogen and oxygen atoms in total. The molecule has 19 heavy (non-hydrogen) atoms. The lowest BCUT2D eigenvalue weighted by Gasteiger charge is -2.21. The lowest BCUT2D eigenvalue weighted by molar-refractivity contribution is 0.103. The van der Waals surface area contributed by atoms with Gasteiger partial charge in [0.15, 0.2) is 17.3 Å². The highest BCUT2D eigenvalue weighted by Gasteiger charge is 2.32. The molecule has 0 aromatic heterocycles. The van der Waals surface area contributed by atoms with Crippen LogP contribution in [0.4, 0.5) is 0 Å². The van der Waals surface area contributed by atoms with Crippen molar-refractivity contribution in [2.75, 3.05) is 0 Å². The van der Waals surface area contributed by atoms with Crippen LogP contribution in [0.3, 0.4) is 0 Å². The number of rotatable bonds is 0. The fraction of sp³-hybridized carbons (Fsp3) is 0.0714. The Morgan fingerprint density at radius 2 is 1.47 bits per heavy atom. The standard InChI is InChI=1S/C14H10O5/c15-10-7-4-2-1-3-6(7)5-8-9(10)12(17)14(19)13(18)11(8)16/h1-4,16-19H,5H2. The number of hydrogen-bond donors (Lipinski definition) is 4. The molecule has 4 N–H and O–H groups in total. The maximum atomic E-state index is 12.3. The fourth-order valence-corrected chi connectivity index (χ4v) is 2.38. The summed E-state index contributed by atoms with van der Waals surface area (Å²) in [4.78, 5) is 12.3. The van der Waals surface area contributed by atoms with Gasteiger partial charge in [0.1, 0.15) is 0 Å². The Morgan fingerprint density at radius 1 is 0.842 bits per heavy atom. The van der Waals surface area contributed by atoms with E-state index in [0.29, 0.717) is 11.1 Å². The number of phenols is 4. The van der Waals surface area contributed by atoms with Gasteiger partial charge in [-0.15, -0.1) is 0 Å². The van der Waals surface area contributed by atoms with E-state index in [9.17, 15) is 25.2 Å². The zero-order valence-electron chi connectivity index (χ0n) is 9.71. The van der Waals surface area contributed by atoms with Crippen LogP contribution in [0.25, 0.3) is 0 Å². The van der Waals surface area contributed by atoms with Crippen molar-refractivity contribution < 1.29 is 25.2 Å². The van der Waals surface area contributed by atoms with Gasteiger partial charge in [-0.1, -0.05) is 24.3 Å².